The number of nitrogens with zero attached hydrogens (tertiary/aromatic N) is 5. The number of benzene rings is 3. The Balaban J connectivity index is 1.06. The number of ether oxygens (including phenoxy) is 2. The third-order valence-corrected chi connectivity index (χ3v) is 9.40. The Morgan fingerprint density at radius 3 is 2.12 bits per heavy atom. The Bertz CT molecular complexity index is 2310. The number of methoxy groups -OCH3 is 1. The molecule has 302 valence electrons. The van der Waals surface area contributed by atoms with Gasteiger partial charge in [-0.1, -0.05) is 46.9 Å². The largest absolute Gasteiger partial charge is 0.467 e. The molecule has 2 heterocycles. The van der Waals surface area contributed by atoms with Crippen LogP contribution in [0.1, 0.15) is 28.8 Å². The quantitative estimate of drug-likeness (QED) is 0.0662. The molecule has 3 amide bonds. The summed E-state index contributed by atoms with van der Waals surface area (Å²) in [5, 5.41) is 14.0. The van der Waals surface area contributed by atoms with Crippen molar-refractivity contribution < 1.29 is 41.8 Å². The molecule has 3 aromatic carbocycles. The van der Waals surface area contributed by atoms with E-state index in [1.807, 2.05) is 12.1 Å². The van der Waals surface area contributed by atoms with Crippen molar-refractivity contribution >= 4 is 81.8 Å². The molecule has 2 aromatic heterocycles. The smallest absolute Gasteiger partial charge is 0.422 e. The van der Waals surface area contributed by atoms with E-state index in [4.69, 9.17) is 44.3 Å². The van der Waals surface area contributed by atoms with Gasteiger partial charge in [-0.25, -0.2) is 9.78 Å². The first-order valence-corrected chi connectivity index (χ1v) is 18.1. The van der Waals surface area contributed by atoms with E-state index in [1.54, 1.807) is 24.3 Å². The van der Waals surface area contributed by atoms with E-state index in [2.05, 4.69) is 46.5 Å². The summed E-state index contributed by atoms with van der Waals surface area (Å²) in [5.74, 6) is -4.02. The number of alkyl halides is 3. The highest BCUT2D eigenvalue weighted by atomic mass is 35.5. The minimum absolute atomic E-state index is 0.0475. The van der Waals surface area contributed by atoms with E-state index in [0.717, 1.165) is 12.7 Å². The SMILES string of the molecule is COC(=O)[C@H](CNC(=O)C(=O)Nc1ccc(-n2cnc(Cl)c2Cl)cc1)NC(=O)c1ccc(Nc2nc(NC3(c4ccc(Cl)cc4)CC3)nc(OCC(F)(F)F)n2)cc1. The van der Waals surface area contributed by atoms with Gasteiger partial charge in [-0.3, -0.25) is 19.0 Å². The average Bonchev–Trinajstić information content (AvgIpc) is 3.90. The molecule has 0 radical (unpaired) electrons. The predicted octanol–water partition coefficient (Wildman–Crippen LogP) is 5.83. The van der Waals surface area contributed by atoms with E-state index < -0.39 is 60.6 Å². The van der Waals surface area contributed by atoms with Crippen molar-refractivity contribution in [2.24, 2.45) is 0 Å². The number of aromatic nitrogens is 5. The molecule has 5 N–H and O–H groups in total. The Labute approximate surface area is 341 Å². The second kappa shape index (κ2) is 17.5. The molecule has 1 fully saturated rings. The minimum atomic E-state index is -4.65. The van der Waals surface area contributed by atoms with Gasteiger partial charge in [0.25, 0.3) is 5.91 Å². The van der Waals surface area contributed by atoms with Crippen molar-refractivity contribution in [3.63, 3.8) is 0 Å². The van der Waals surface area contributed by atoms with Crippen LogP contribution in [0.15, 0.2) is 79.1 Å². The van der Waals surface area contributed by atoms with Gasteiger partial charge in [-0.15, -0.1) is 0 Å². The normalized spacial score (nSPS) is 13.4. The number of imidazole rings is 1. The number of carbonyl (C=O) groups excluding carboxylic acids is 4. The molecule has 1 aliphatic rings. The van der Waals surface area contributed by atoms with E-state index in [1.165, 1.54) is 47.3 Å². The number of halogens is 6. The Kier molecular flexibility index (Phi) is 12.5. The molecule has 0 aliphatic heterocycles. The summed E-state index contributed by atoms with van der Waals surface area (Å²) in [6.45, 7) is -2.14. The standard InChI is InChI=1S/C36H30Cl3F3N10O6/c1-57-31(56)25(16-43-29(54)30(55)45-22-10-12-24(13-11-22)52-18-44-26(38)27(52)39)47-28(53)19-2-8-23(9-3-19)46-32-48-33(50-34(49-32)58-17-36(40,41)42)51-35(14-15-35)20-4-6-21(37)7-5-20/h2-13,18,25H,14-17H2,1H3,(H,43,54)(H,45,55)(H,47,53)(H2,46,48,49,50,51)/t25-/m0/s1. The molecular weight excluding hydrogens is 832 g/mol. The van der Waals surface area contributed by atoms with Crippen LogP contribution in [0.2, 0.25) is 15.3 Å². The molecule has 0 saturated heterocycles. The first-order valence-electron chi connectivity index (χ1n) is 16.9. The second-order valence-electron chi connectivity index (χ2n) is 12.5. The molecule has 1 aliphatic carbocycles. The predicted molar refractivity (Wildman–Crippen MR) is 206 cm³/mol. The molecule has 0 bridgehead atoms. The van der Waals surface area contributed by atoms with Crippen molar-refractivity contribution in [2.45, 2.75) is 30.6 Å². The monoisotopic (exact) mass is 860 g/mol. The fourth-order valence-corrected chi connectivity index (χ4v) is 5.79. The van der Waals surface area contributed by atoms with Crippen LogP contribution >= 0.6 is 34.8 Å². The molecule has 6 rings (SSSR count). The number of carbonyl (C=O) groups is 4. The summed E-state index contributed by atoms with van der Waals surface area (Å²) in [4.78, 5) is 67.0. The maximum Gasteiger partial charge on any atom is 0.422 e. The lowest BCUT2D eigenvalue weighted by Crippen LogP contribution is -2.50. The van der Waals surface area contributed by atoms with E-state index in [0.29, 0.717) is 29.2 Å². The number of rotatable bonds is 14. The highest BCUT2D eigenvalue weighted by molar-refractivity contribution is 6.41. The first kappa shape index (κ1) is 41.5. The summed E-state index contributed by atoms with van der Waals surface area (Å²) < 4.78 is 50.0. The zero-order valence-corrected chi connectivity index (χ0v) is 32.1. The van der Waals surface area contributed by atoms with Gasteiger partial charge in [0.15, 0.2) is 16.9 Å². The van der Waals surface area contributed by atoms with Gasteiger partial charge >= 0.3 is 30.0 Å². The fourth-order valence-electron chi connectivity index (χ4n) is 5.34. The van der Waals surface area contributed by atoms with Crippen molar-refractivity contribution in [2.75, 3.05) is 36.2 Å². The number of amides is 3. The van der Waals surface area contributed by atoms with E-state index >= 15 is 0 Å². The van der Waals surface area contributed by atoms with Crippen molar-refractivity contribution in [1.29, 1.82) is 0 Å². The summed E-state index contributed by atoms with van der Waals surface area (Å²) in [5.41, 5.74) is 1.55. The highest BCUT2D eigenvalue weighted by Gasteiger charge is 2.45. The fraction of sp³-hybridized carbons (Fsp3) is 0.222. The number of esters is 1. The zero-order chi connectivity index (χ0) is 41.6. The molecule has 1 saturated carbocycles. The topological polar surface area (TPSA) is 203 Å². The maximum atomic E-state index is 13.1. The Morgan fingerprint density at radius 1 is 0.862 bits per heavy atom. The van der Waals surface area contributed by atoms with Crippen molar-refractivity contribution in [1.82, 2.24) is 35.1 Å². The van der Waals surface area contributed by atoms with Gasteiger partial charge in [-0.2, -0.15) is 28.1 Å². The van der Waals surface area contributed by atoms with Crippen LogP contribution in [0.25, 0.3) is 5.69 Å². The second-order valence-corrected chi connectivity index (χ2v) is 13.7. The number of anilines is 4. The number of hydrogen-bond donors (Lipinski definition) is 5. The average molecular weight is 862 g/mol. The van der Waals surface area contributed by atoms with Gasteiger partial charge in [0.1, 0.15) is 12.4 Å². The summed E-state index contributed by atoms with van der Waals surface area (Å²) in [6.07, 6.45) is -1.85. The van der Waals surface area contributed by atoms with Crippen molar-refractivity contribution in [3.05, 3.63) is 106 Å². The van der Waals surface area contributed by atoms with Crippen LogP contribution in [-0.4, -0.2) is 80.7 Å². The third-order valence-electron chi connectivity index (χ3n) is 8.42. The van der Waals surface area contributed by atoms with Crippen LogP contribution in [0, 0.1) is 0 Å². The minimum Gasteiger partial charge on any atom is -0.467 e. The van der Waals surface area contributed by atoms with E-state index in [9.17, 15) is 32.3 Å². The Hall–Kier alpha value is -6.18. The van der Waals surface area contributed by atoms with Crippen LogP contribution in [0.3, 0.4) is 0 Å². The van der Waals surface area contributed by atoms with Gasteiger partial charge in [0, 0.05) is 34.2 Å². The lowest BCUT2D eigenvalue weighted by Gasteiger charge is -2.19. The van der Waals surface area contributed by atoms with Crippen LogP contribution in [0.4, 0.5) is 36.4 Å². The van der Waals surface area contributed by atoms with Gasteiger partial charge < -0.3 is 36.1 Å². The molecule has 0 spiro atoms. The summed E-state index contributed by atoms with van der Waals surface area (Å²) in [6, 6.07) is 17.0. The summed E-state index contributed by atoms with van der Waals surface area (Å²) in [7, 11) is 1.08. The maximum absolute atomic E-state index is 13.1. The summed E-state index contributed by atoms with van der Waals surface area (Å²) >= 11 is 18.0. The Morgan fingerprint density at radius 2 is 1.52 bits per heavy atom. The first-order chi connectivity index (χ1) is 27.6. The molecule has 22 heteroatoms. The zero-order valence-electron chi connectivity index (χ0n) is 29.9. The molecule has 0 unspecified atom stereocenters. The van der Waals surface area contributed by atoms with E-state index in [-0.39, 0.29) is 33.5 Å². The number of hydrogen-bond acceptors (Lipinski definition) is 12. The van der Waals surface area contributed by atoms with Gasteiger partial charge in [-0.05, 0) is 79.1 Å². The number of nitrogens with one attached hydrogen (secondary N) is 5. The van der Waals surface area contributed by atoms with Gasteiger partial charge in [0.05, 0.1) is 12.6 Å². The molecule has 58 heavy (non-hydrogen) atoms. The third kappa shape index (κ3) is 10.6. The molecule has 5 aromatic rings. The van der Waals surface area contributed by atoms with Crippen LogP contribution in [-0.2, 0) is 24.7 Å². The van der Waals surface area contributed by atoms with Gasteiger partial charge in [0.2, 0.25) is 11.9 Å². The lowest BCUT2D eigenvalue weighted by molar-refractivity contribution is -0.154. The molecular formula is C36H30Cl3F3N10O6. The lowest BCUT2D eigenvalue weighted by atomic mass is 10.1. The van der Waals surface area contributed by atoms with Crippen LogP contribution in [0.5, 0.6) is 6.01 Å². The van der Waals surface area contributed by atoms with Crippen molar-refractivity contribution in [3.8, 4) is 11.7 Å². The molecule has 1 atom stereocenters. The highest BCUT2D eigenvalue weighted by Crippen LogP contribution is 2.48. The molecule has 16 nitrogen and oxygen atoms in total. The van der Waals surface area contributed by atoms with Crippen LogP contribution < -0.4 is 31.3 Å².